The van der Waals surface area contributed by atoms with Crippen molar-refractivity contribution in [2.45, 2.75) is 30.9 Å². The van der Waals surface area contributed by atoms with Gasteiger partial charge in [-0.1, -0.05) is 42.5 Å². The Kier molecular flexibility index (Phi) is 5.76. The van der Waals surface area contributed by atoms with Crippen LogP contribution in [0.1, 0.15) is 30.6 Å². The second-order valence-corrected chi connectivity index (χ2v) is 6.96. The molecule has 0 spiro atoms. The Morgan fingerprint density at radius 2 is 1.87 bits per heavy atom. The Morgan fingerprint density at radius 1 is 1.13 bits per heavy atom. The van der Waals surface area contributed by atoms with Gasteiger partial charge in [0.05, 0.1) is 12.7 Å². The number of rotatable bonds is 6. The zero-order valence-corrected chi connectivity index (χ0v) is 14.6. The summed E-state index contributed by atoms with van der Waals surface area (Å²) in [5.41, 5.74) is 2.62. The first kappa shape index (κ1) is 16.6. The minimum absolute atomic E-state index is 0.145. The van der Waals surface area contributed by atoms with E-state index in [-0.39, 0.29) is 6.10 Å². The van der Waals surface area contributed by atoms with Gasteiger partial charge in [0.2, 0.25) is 0 Å². The van der Waals surface area contributed by atoms with E-state index in [0.717, 1.165) is 24.6 Å². The van der Waals surface area contributed by atoms with Gasteiger partial charge in [-0.2, -0.15) is 0 Å². The summed E-state index contributed by atoms with van der Waals surface area (Å²) in [7, 11) is 0. The summed E-state index contributed by atoms with van der Waals surface area (Å²) in [4.78, 5) is 3.53. The molecule has 1 aliphatic heterocycles. The Balaban J connectivity index is 1.44. The van der Waals surface area contributed by atoms with E-state index in [1.54, 1.807) is 0 Å². The molecular formula is C20H25NOS. The maximum atomic E-state index is 6.10. The lowest BCUT2D eigenvalue weighted by Gasteiger charge is -2.18. The van der Waals surface area contributed by atoms with Crippen LogP contribution in [0, 0.1) is 5.92 Å². The fraction of sp³-hybridized carbons (Fsp3) is 0.400. The molecule has 0 saturated carbocycles. The molecule has 1 heterocycles. The van der Waals surface area contributed by atoms with E-state index in [2.05, 4.69) is 66.9 Å². The highest BCUT2D eigenvalue weighted by Crippen LogP contribution is 2.23. The monoisotopic (exact) mass is 327 g/mol. The maximum absolute atomic E-state index is 6.10. The van der Waals surface area contributed by atoms with Crippen molar-refractivity contribution in [3.05, 3.63) is 65.7 Å². The van der Waals surface area contributed by atoms with Crippen molar-refractivity contribution in [3.8, 4) is 0 Å². The van der Waals surface area contributed by atoms with E-state index in [4.69, 9.17) is 4.74 Å². The zero-order valence-electron chi connectivity index (χ0n) is 13.7. The van der Waals surface area contributed by atoms with E-state index in [9.17, 15) is 0 Å². The largest absolute Gasteiger partial charge is 0.373 e. The van der Waals surface area contributed by atoms with Crippen molar-refractivity contribution >= 4 is 12.6 Å². The van der Waals surface area contributed by atoms with Crippen LogP contribution in [0.5, 0.6) is 0 Å². The third kappa shape index (κ3) is 4.84. The first-order valence-electron chi connectivity index (χ1n) is 8.37. The lowest BCUT2D eigenvalue weighted by Crippen LogP contribution is -2.21. The van der Waals surface area contributed by atoms with E-state index >= 15 is 0 Å². The quantitative estimate of drug-likeness (QED) is 0.780. The van der Waals surface area contributed by atoms with Gasteiger partial charge < -0.3 is 4.74 Å². The number of thiol groups is 1. The molecule has 1 fully saturated rings. The van der Waals surface area contributed by atoms with Gasteiger partial charge >= 0.3 is 0 Å². The molecule has 122 valence electrons. The highest BCUT2D eigenvalue weighted by molar-refractivity contribution is 7.80. The van der Waals surface area contributed by atoms with Crippen LogP contribution in [0.25, 0.3) is 0 Å². The summed E-state index contributed by atoms with van der Waals surface area (Å²) < 4.78 is 6.10. The molecule has 1 saturated heterocycles. The second-order valence-electron chi connectivity index (χ2n) is 6.44. The lowest BCUT2D eigenvalue weighted by atomic mass is 10.1. The average Bonchev–Trinajstić information content (AvgIpc) is 3.02. The van der Waals surface area contributed by atoms with E-state index in [1.807, 2.05) is 12.1 Å². The van der Waals surface area contributed by atoms with Crippen LogP contribution in [-0.4, -0.2) is 24.6 Å². The normalized spacial score (nSPS) is 19.8. The van der Waals surface area contributed by atoms with Gasteiger partial charge in [-0.3, -0.25) is 4.90 Å². The van der Waals surface area contributed by atoms with Gasteiger partial charge in [-0.05, 0) is 49.1 Å². The van der Waals surface area contributed by atoms with Crippen molar-refractivity contribution in [1.82, 2.24) is 4.90 Å². The first-order chi connectivity index (χ1) is 11.2. The SMILES string of the molecule is CC(OCC1CCN(Cc2ccccc2)C1)c1ccc(S)cc1. The smallest absolute Gasteiger partial charge is 0.0796 e. The van der Waals surface area contributed by atoms with Crippen molar-refractivity contribution in [2.24, 2.45) is 5.92 Å². The van der Waals surface area contributed by atoms with Crippen LogP contribution < -0.4 is 0 Å². The van der Waals surface area contributed by atoms with Gasteiger partial charge in [0, 0.05) is 18.0 Å². The minimum Gasteiger partial charge on any atom is -0.373 e. The minimum atomic E-state index is 0.145. The fourth-order valence-electron chi connectivity index (χ4n) is 3.16. The molecule has 2 aromatic carbocycles. The van der Waals surface area contributed by atoms with E-state index in [1.165, 1.54) is 24.1 Å². The Bertz CT molecular complexity index is 599. The molecule has 0 aromatic heterocycles. The summed E-state index contributed by atoms with van der Waals surface area (Å²) in [5.74, 6) is 0.644. The molecule has 0 radical (unpaired) electrons. The predicted octanol–water partition coefficient (Wildman–Crippen LogP) is 4.58. The maximum Gasteiger partial charge on any atom is 0.0796 e. The van der Waals surface area contributed by atoms with Crippen LogP contribution >= 0.6 is 12.6 Å². The molecular weight excluding hydrogens is 302 g/mol. The van der Waals surface area contributed by atoms with Crippen molar-refractivity contribution in [2.75, 3.05) is 19.7 Å². The van der Waals surface area contributed by atoms with Crippen LogP contribution in [0.3, 0.4) is 0 Å². The van der Waals surface area contributed by atoms with Gasteiger partial charge in [-0.15, -0.1) is 12.6 Å². The van der Waals surface area contributed by atoms with Crippen molar-refractivity contribution in [1.29, 1.82) is 0 Å². The Hall–Kier alpha value is -1.29. The summed E-state index contributed by atoms with van der Waals surface area (Å²) in [5, 5.41) is 0. The summed E-state index contributed by atoms with van der Waals surface area (Å²) in [6, 6.07) is 19.0. The lowest BCUT2D eigenvalue weighted by molar-refractivity contribution is 0.0409. The molecule has 1 aliphatic rings. The van der Waals surface area contributed by atoms with Crippen molar-refractivity contribution in [3.63, 3.8) is 0 Å². The van der Waals surface area contributed by atoms with Crippen LogP contribution in [0.2, 0.25) is 0 Å². The standard InChI is InChI=1S/C20H25NOS/c1-16(19-7-9-20(23)10-8-19)22-15-18-11-12-21(14-18)13-17-5-3-2-4-6-17/h2-10,16,18,23H,11-15H2,1H3. The summed E-state index contributed by atoms with van der Waals surface area (Å²) >= 11 is 4.33. The summed E-state index contributed by atoms with van der Waals surface area (Å²) in [6.45, 7) is 6.33. The number of ether oxygens (including phenoxy) is 1. The highest BCUT2D eigenvalue weighted by atomic mass is 32.1. The zero-order chi connectivity index (χ0) is 16.1. The number of likely N-dealkylation sites (tertiary alicyclic amines) is 1. The molecule has 23 heavy (non-hydrogen) atoms. The van der Waals surface area contributed by atoms with Gasteiger partial charge in [0.15, 0.2) is 0 Å². The molecule has 2 atom stereocenters. The number of hydrogen-bond acceptors (Lipinski definition) is 3. The Morgan fingerprint density at radius 3 is 2.61 bits per heavy atom. The third-order valence-electron chi connectivity index (χ3n) is 4.56. The van der Waals surface area contributed by atoms with E-state index < -0.39 is 0 Å². The summed E-state index contributed by atoms with van der Waals surface area (Å²) in [6.07, 6.45) is 1.38. The third-order valence-corrected chi connectivity index (χ3v) is 4.86. The van der Waals surface area contributed by atoms with Crippen LogP contribution in [0.15, 0.2) is 59.5 Å². The predicted molar refractivity (Wildman–Crippen MR) is 97.9 cm³/mol. The molecule has 2 nitrogen and oxygen atoms in total. The topological polar surface area (TPSA) is 12.5 Å². The van der Waals surface area contributed by atoms with Gasteiger partial charge in [0.25, 0.3) is 0 Å². The number of hydrogen-bond donors (Lipinski definition) is 1. The van der Waals surface area contributed by atoms with Crippen molar-refractivity contribution < 1.29 is 4.74 Å². The van der Waals surface area contributed by atoms with Gasteiger partial charge in [0.1, 0.15) is 0 Å². The number of benzene rings is 2. The number of nitrogens with zero attached hydrogens (tertiary/aromatic N) is 1. The molecule has 0 bridgehead atoms. The van der Waals surface area contributed by atoms with Crippen LogP contribution in [0.4, 0.5) is 0 Å². The molecule has 0 amide bonds. The molecule has 3 heteroatoms. The Labute approximate surface area is 144 Å². The molecule has 2 aromatic rings. The highest BCUT2D eigenvalue weighted by Gasteiger charge is 2.23. The molecule has 2 unspecified atom stereocenters. The second kappa shape index (κ2) is 8.00. The fourth-order valence-corrected chi connectivity index (χ4v) is 3.31. The van der Waals surface area contributed by atoms with Crippen LogP contribution in [-0.2, 0) is 11.3 Å². The first-order valence-corrected chi connectivity index (χ1v) is 8.82. The van der Waals surface area contributed by atoms with E-state index in [0.29, 0.717) is 5.92 Å². The molecule has 0 aliphatic carbocycles. The molecule has 3 rings (SSSR count). The molecule has 0 N–H and O–H groups in total. The average molecular weight is 327 g/mol. The van der Waals surface area contributed by atoms with Gasteiger partial charge in [-0.25, -0.2) is 0 Å².